The topological polar surface area (TPSA) is 64.3 Å². The van der Waals surface area contributed by atoms with Crippen molar-refractivity contribution in [3.05, 3.63) is 0 Å². The van der Waals surface area contributed by atoms with Gasteiger partial charge in [0.1, 0.15) is 0 Å². The third kappa shape index (κ3) is 2.40. The van der Waals surface area contributed by atoms with Gasteiger partial charge in [0.05, 0.1) is 11.5 Å². The zero-order chi connectivity index (χ0) is 14.3. The average molecular weight is 268 g/mol. The Bertz CT molecular complexity index is 356. The molecule has 4 heteroatoms. The maximum Gasteiger partial charge on any atom is 0.227 e. The third-order valence-corrected chi connectivity index (χ3v) is 5.40. The normalized spacial score (nSPS) is 40.8. The Balaban J connectivity index is 1.94. The summed E-state index contributed by atoms with van der Waals surface area (Å²) >= 11 is 0. The summed E-state index contributed by atoms with van der Waals surface area (Å²) in [5, 5.41) is 3.21. The van der Waals surface area contributed by atoms with Crippen molar-refractivity contribution in [3.8, 4) is 0 Å². The molecule has 0 aromatic heterocycles. The molecule has 1 amide bonds. The summed E-state index contributed by atoms with van der Waals surface area (Å²) in [6.07, 6.45) is 4.09. The maximum absolute atomic E-state index is 12.5. The molecule has 0 saturated heterocycles. The number of nitrogens with two attached hydrogens (primary N) is 1. The molecule has 110 valence electrons. The minimum atomic E-state index is -0.382. The lowest BCUT2D eigenvalue weighted by Crippen LogP contribution is -2.64. The van der Waals surface area contributed by atoms with Crippen LogP contribution in [0.25, 0.3) is 0 Å². The van der Waals surface area contributed by atoms with Gasteiger partial charge in [-0.15, -0.1) is 0 Å². The molecule has 2 rings (SSSR count). The molecule has 0 heterocycles. The smallest absolute Gasteiger partial charge is 0.227 e. The molecular formula is C15H28N2O2. The van der Waals surface area contributed by atoms with Crippen molar-refractivity contribution in [2.75, 3.05) is 6.61 Å². The molecule has 0 bridgehead atoms. The van der Waals surface area contributed by atoms with E-state index in [0.717, 1.165) is 32.3 Å². The molecule has 4 nitrogen and oxygen atoms in total. The first-order valence-corrected chi connectivity index (χ1v) is 7.50. The van der Waals surface area contributed by atoms with Crippen LogP contribution in [0.3, 0.4) is 0 Å². The molecule has 0 aromatic rings. The maximum atomic E-state index is 12.5. The molecule has 0 aliphatic heterocycles. The average Bonchev–Trinajstić information content (AvgIpc) is 2.69. The molecule has 2 fully saturated rings. The predicted octanol–water partition coefficient (Wildman–Crippen LogP) is 1.82. The summed E-state index contributed by atoms with van der Waals surface area (Å²) in [4.78, 5) is 12.5. The number of ether oxygens (including phenoxy) is 1. The van der Waals surface area contributed by atoms with E-state index in [4.69, 9.17) is 10.5 Å². The molecular weight excluding hydrogens is 240 g/mol. The number of amides is 1. The van der Waals surface area contributed by atoms with E-state index in [2.05, 4.69) is 19.2 Å². The molecule has 19 heavy (non-hydrogen) atoms. The Labute approximate surface area is 116 Å². The van der Waals surface area contributed by atoms with Crippen LogP contribution in [0, 0.1) is 10.8 Å². The fraction of sp³-hybridized carbons (Fsp3) is 0.933. The number of hydrogen-bond acceptors (Lipinski definition) is 3. The van der Waals surface area contributed by atoms with E-state index in [9.17, 15) is 4.79 Å². The second-order valence-corrected chi connectivity index (χ2v) is 6.94. The van der Waals surface area contributed by atoms with Crippen LogP contribution in [0.4, 0.5) is 0 Å². The van der Waals surface area contributed by atoms with Crippen molar-refractivity contribution in [3.63, 3.8) is 0 Å². The van der Waals surface area contributed by atoms with Crippen LogP contribution in [0.15, 0.2) is 0 Å². The lowest BCUT2D eigenvalue weighted by Gasteiger charge is -2.52. The molecule has 3 N–H and O–H groups in total. The monoisotopic (exact) mass is 268 g/mol. The van der Waals surface area contributed by atoms with Crippen molar-refractivity contribution in [2.24, 2.45) is 16.6 Å². The van der Waals surface area contributed by atoms with Gasteiger partial charge in [-0.3, -0.25) is 4.79 Å². The molecule has 4 unspecified atom stereocenters. The van der Waals surface area contributed by atoms with Gasteiger partial charge < -0.3 is 15.8 Å². The van der Waals surface area contributed by atoms with E-state index in [1.54, 1.807) is 0 Å². The minimum Gasteiger partial charge on any atom is -0.378 e. The molecule has 2 aliphatic rings. The Morgan fingerprint density at radius 3 is 2.58 bits per heavy atom. The standard InChI is InChI=1S/C15H28N2O2/c1-5-19-12-9-11(14(12,2)3)17-13(18)15(4)8-6-7-10(15)16/h10-12H,5-9,16H2,1-4H3,(H,17,18). The van der Waals surface area contributed by atoms with E-state index in [-0.39, 0.29) is 34.9 Å². The van der Waals surface area contributed by atoms with Gasteiger partial charge in [-0.05, 0) is 33.1 Å². The Morgan fingerprint density at radius 1 is 1.42 bits per heavy atom. The summed E-state index contributed by atoms with van der Waals surface area (Å²) in [7, 11) is 0. The summed E-state index contributed by atoms with van der Waals surface area (Å²) < 4.78 is 5.70. The molecule has 2 saturated carbocycles. The number of carbonyl (C=O) groups excluding carboxylic acids is 1. The molecule has 0 radical (unpaired) electrons. The van der Waals surface area contributed by atoms with Crippen LogP contribution in [0.5, 0.6) is 0 Å². The van der Waals surface area contributed by atoms with Crippen LogP contribution in [0.2, 0.25) is 0 Å². The van der Waals surface area contributed by atoms with Crippen molar-refractivity contribution in [1.82, 2.24) is 5.32 Å². The molecule has 4 atom stereocenters. The Morgan fingerprint density at radius 2 is 2.11 bits per heavy atom. The number of hydrogen-bond donors (Lipinski definition) is 2. The van der Waals surface area contributed by atoms with Crippen LogP contribution in [0.1, 0.15) is 53.4 Å². The lowest BCUT2D eigenvalue weighted by molar-refractivity contribution is -0.144. The predicted molar refractivity (Wildman–Crippen MR) is 75.7 cm³/mol. The fourth-order valence-corrected chi connectivity index (χ4v) is 3.41. The molecule has 2 aliphatic carbocycles. The highest BCUT2D eigenvalue weighted by molar-refractivity contribution is 5.84. The SMILES string of the molecule is CCOC1CC(NC(=O)C2(C)CCCC2N)C1(C)C. The minimum absolute atomic E-state index is 0.00150. The molecule has 0 aromatic carbocycles. The van der Waals surface area contributed by atoms with E-state index in [1.165, 1.54) is 0 Å². The van der Waals surface area contributed by atoms with Gasteiger partial charge in [0.15, 0.2) is 0 Å². The van der Waals surface area contributed by atoms with E-state index in [1.807, 2.05) is 13.8 Å². The van der Waals surface area contributed by atoms with Gasteiger partial charge in [-0.2, -0.15) is 0 Å². The van der Waals surface area contributed by atoms with Crippen LogP contribution >= 0.6 is 0 Å². The second kappa shape index (κ2) is 5.06. The van der Waals surface area contributed by atoms with Crippen LogP contribution in [-0.2, 0) is 9.53 Å². The first kappa shape index (κ1) is 14.8. The summed E-state index contributed by atoms with van der Waals surface area (Å²) in [6, 6.07) is 0.208. The van der Waals surface area contributed by atoms with Crippen molar-refractivity contribution < 1.29 is 9.53 Å². The van der Waals surface area contributed by atoms with Gasteiger partial charge in [0.2, 0.25) is 5.91 Å². The highest BCUT2D eigenvalue weighted by Gasteiger charge is 2.52. The zero-order valence-corrected chi connectivity index (χ0v) is 12.7. The largest absolute Gasteiger partial charge is 0.378 e. The first-order valence-electron chi connectivity index (χ1n) is 7.50. The van der Waals surface area contributed by atoms with Crippen LogP contribution < -0.4 is 11.1 Å². The lowest BCUT2D eigenvalue weighted by atomic mass is 9.64. The third-order valence-electron chi connectivity index (χ3n) is 5.40. The van der Waals surface area contributed by atoms with Gasteiger partial charge in [0.25, 0.3) is 0 Å². The number of rotatable bonds is 4. The van der Waals surface area contributed by atoms with E-state index >= 15 is 0 Å². The first-order chi connectivity index (χ1) is 8.82. The van der Waals surface area contributed by atoms with Gasteiger partial charge in [-0.25, -0.2) is 0 Å². The second-order valence-electron chi connectivity index (χ2n) is 6.94. The van der Waals surface area contributed by atoms with E-state index < -0.39 is 0 Å². The van der Waals surface area contributed by atoms with Gasteiger partial charge in [0, 0.05) is 24.1 Å². The van der Waals surface area contributed by atoms with Crippen LogP contribution in [-0.4, -0.2) is 30.7 Å². The van der Waals surface area contributed by atoms with Crippen molar-refractivity contribution in [1.29, 1.82) is 0 Å². The van der Waals surface area contributed by atoms with Gasteiger partial charge in [-0.1, -0.05) is 20.3 Å². The summed E-state index contributed by atoms with van der Waals surface area (Å²) in [5.41, 5.74) is 5.74. The summed E-state index contributed by atoms with van der Waals surface area (Å²) in [6.45, 7) is 9.08. The van der Waals surface area contributed by atoms with Crippen molar-refractivity contribution in [2.45, 2.75) is 71.6 Å². The molecule has 0 spiro atoms. The number of carbonyl (C=O) groups is 1. The fourth-order valence-electron chi connectivity index (χ4n) is 3.41. The number of nitrogens with one attached hydrogen (secondary N) is 1. The Hall–Kier alpha value is -0.610. The quantitative estimate of drug-likeness (QED) is 0.817. The van der Waals surface area contributed by atoms with E-state index in [0.29, 0.717) is 0 Å². The summed E-state index contributed by atoms with van der Waals surface area (Å²) in [5.74, 6) is 0.130. The van der Waals surface area contributed by atoms with Gasteiger partial charge >= 0.3 is 0 Å². The zero-order valence-electron chi connectivity index (χ0n) is 12.7. The van der Waals surface area contributed by atoms with Crippen molar-refractivity contribution >= 4 is 5.91 Å². The highest BCUT2D eigenvalue weighted by Crippen LogP contribution is 2.44. The Kier molecular flexibility index (Phi) is 3.94. The highest BCUT2D eigenvalue weighted by atomic mass is 16.5.